The molecule has 0 aliphatic carbocycles. The molecule has 2 N–H and O–H groups in total. The summed E-state index contributed by atoms with van der Waals surface area (Å²) in [6, 6.07) is 14.2. The third kappa shape index (κ3) is 4.86. The van der Waals surface area contributed by atoms with Crippen molar-refractivity contribution in [3.05, 3.63) is 71.2 Å². The Kier molecular flexibility index (Phi) is 6.01. The summed E-state index contributed by atoms with van der Waals surface area (Å²) in [5.41, 5.74) is 12.6. The van der Waals surface area contributed by atoms with Gasteiger partial charge in [-0.2, -0.15) is 0 Å². The molecular formula is C27H30N4O2. The van der Waals surface area contributed by atoms with Crippen LogP contribution in [-0.4, -0.2) is 48.2 Å². The van der Waals surface area contributed by atoms with Crippen LogP contribution in [0, 0.1) is 6.92 Å². The minimum Gasteiger partial charge on any atom is -0.497 e. The molecule has 4 heterocycles. The standard InChI is InChI=1S/C27H30N4O2/c1-18-11-22(21-3-6-27(28)29-15-21)14-25(30-18)20-7-9-31(10-8-20)16-19-12-23-13-24(32-2)4-5-26(23)33-17-19/h3-6,11-15,20H,7-10,16-17H2,1-2H3,(H2,28,29). The first-order chi connectivity index (χ1) is 16.1. The van der Waals surface area contributed by atoms with Crippen molar-refractivity contribution in [1.82, 2.24) is 14.9 Å². The van der Waals surface area contributed by atoms with E-state index in [1.807, 2.05) is 36.5 Å². The van der Waals surface area contributed by atoms with Crippen molar-refractivity contribution in [2.45, 2.75) is 25.7 Å². The van der Waals surface area contributed by atoms with Gasteiger partial charge >= 0.3 is 0 Å². The number of aryl methyl sites for hydroxylation is 1. The predicted octanol–water partition coefficient (Wildman–Crippen LogP) is 4.70. The van der Waals surface area contributed by atoms with Crippen LogP contribution >= 0.6 is 0 Å². The Hall–Kier alpha value is -3.38. The Morgan fingerprint density at radius 3 is 2.70 bits per heavy atom. The van der Waals surface area contributed by atoms with Crippen LogP contribution in [0.1, 0.15) is 35.7 Å². The van der Waals surface area contributed by atoms with E-state index in [0.29, 0.717) is 18.3 Å². The van der Waals surface area contributed by atoms with E-state index in [0.717, 1.165) is 66.4 Å². The normalized spacial score (nSPS) is 16.6. The van der Waals surface area contributed by atoms with E-state index in [1.54, 1.807) is 7.11 Å². The van der Waals surface area contributed by atoms with Crippen LogP contribution in [0.3, 0.4) is 0 Å². The number of benzene rings is 1. The highest BCUT2D eigenvalue weighted by Gasteiger charge is 2.24. The molecule has 5 rings (SSSR count). The maximum atomic E-state index is 5.97. The lowest BCUT2D eigenvalue weighted by molar-refractivity contribution is 0.217. The van der Waals surface area contributed by atoms with Crippen molar-refractivity contribution in [1.29, 1.82) is 0 Å². The van der Waals surface area contributed by atoms with E-state index in [4.69, 9.17) is 20.2 Å². The van der Waals surface area contributed by atoms with Gasteiger partial charge in [0, 0.05) is 41.2 Å². The number of nitrogens with zero attached hydrogens (tertiary/aromatic N) is 3. The Labute approximate surface area is 195 Å². The van der Waals surface area contributed by atoms with Gasteiger partial charge < -0.3 is 15.2 Å². The van der Waals surface area contributed by atoms with Gasteiger partial charge in [-0.1, -0.05) is 0 Å². The minimum absolute atomic E-state index is 0.475. The second kappa shape index (κ2) is 9.24. The Balaban J connectivity index is 1.24. The lowest BCUT2D eigenvalue weighted by atomic mass is 9.91. The Bertz CT molecular complexity index is 1170. The lowest BCUT2D eigenvalue weighted by Crippen LogP contribution is -2.35. The van der Waals surface area contributed by atoms with Gasteiger partial charge in [0.05, 0.1) is 7.11 Å². The highest BCUT2D eigenvalue weighted by atomic mass is 16.5. The molecule has 0 atom stereocenters. The van der Waals surface area contributed by atoms with E-state index in [-0.39, 0.29) is 0 Å². The summed E-state index contributed by atoms with van der Waals surface area (Å²) < 4.78 is 11.3. The number of fused-ring (bicyclic) bond motifs is 1. The molecule has 170 valence electrons. The minimum atomic E-state index is 0.475. The monoisotopic (exact) mass is 442 g/mol. The molecule has 6 heteroatoms. The zero-order valence-corrected chi connectivity index (χ0v) is 19.3. The number of hydrogen-bond acceptors (Lipinski definition) is 6. The highest BCUT2D eigenvalue weighted by molar-refractivity contribution is 5.65. The van der Waals surface area contributed by atoms with E-state index in [9.17, 15) is 0 Å². The van der Waals surface area contributed by atoms with Crippen molar-refractivity contribution < 1.29 is 9.47 Å². The molecule has 3 aromatic rings. The third-order valence-corrected chi connectivity index (χ3v) is 6.52. The van der Waals surface area contributed by atoms with Crippen molar-refractivity contribution in [3.63, 3.8) is 0 Å². The fourth-order valence-electron chi connectivity index (χ4n) is 4.74. The SMILES string of the molecule is COc1ccc2c(c1)C=C(CN1CCC(c3cc(-c4ccc(N)nc4)cc(C)n3)CC1)CO2. The highest BCUT2D eigenvalue weighted by Crippen LogP contribution is 2.33. The molecule has 1 aromatic carbocycles. The second-order valence-corrected chi connectivity index (χ2v) is 8.94. The van der Waals surface area contributed by atoms with Gasteiger partial charge in [0.15, 0.2) is 0 Å². The van der Waals surface area contributed by atoms with E-state index in [1.165, 1.54) is 11.3 Å². The van der Waals surface area contributed by atoms with Crippen LogP contribution in [-0.2, 0) is 0 Å². The number of piperidine rings is 1. The number of nitrogens with two attached hydrogens (primary N) is 1. The first-order valence-electron chi connectivity index (χ1n) is 11.5. The number of aromatic nitrogens is 2. The fourth-order valence-corrected chi connectivity index (χ4v) is 4.74. The topological polar surface area (TPSA) is 73.5 Å². The number of hydrogen-bond donors (Lipinski definition) is 1. The van der Waals surface area contributed by atoms with Crippen LogP contribution in [0.2, 0.25) is 0 Å². The number of anilines is 1. The quantitative estimate of drug-likeness (QED) is 0.618. The van der Waals surface area contributed by atoms with Crippen LogP contribution in [0.4, 0.5) is 5.82 Å². The Morgan fingerprint density at radius 2 is 1.94 bits per heavy atom. The number of nitrogen functional groups attached to an aromatic ring is 1. The number of rotatable bonds is 5. The molecule has 0 radical (unpaired) electrons. The zero-order valence-electron chi connectivity index (χ0n) is 19.3. The van der Waals surface area contributed by atoms with Gasteiger partial charge in [-0.15, -0.1) is 0 Å². The molecule has 1 saturated heterocycles. The van der Waals surface area contributed by atoms with Crippen molar-refractivity contribution in [3.8, 4) is 22.6 Å². The molecule has 33 heavy (non-hydrogen) atoms. The average Bonchev–Trinajstić information content (AvgIpc) is 2.84. The summed E-state index contributed by atoms with van der Waals surface area (Å²) in [6.07, 6.45) is 6.30. The molecule has 0 spiro atoms. The van der Waals surface area contributed by atoms with Crippen LogP contribution in [0.5, 0.6) is 11.5 Å². The molecule has 6 nitrogen and oxygen atoms in total. The number of methoxy groups -OCH3 is 1. The zero-order chi connectivity index (χ0) is 22.8. The second-order valence-electron chi connectivity index (χ2n) is 8.94. The molecule has 1 fully saturated rings. The molecular weight excluding hydrogens is 412 g/mol. The first-order valence-corrected chi connectivity index (χ1v) is 11.5. The number of likely N-dealkylation sites (tertiary alicyclic amines) is 1. The van der Waals surface area contributed by atoms with Gasteiger partial charge in [0.1, 0.15) is 23.9 Å². The van der Waals surface area contributed by atoms with Gasteiger partial charge in [-0.3, -0.25) is 9.88 Å². The molecule has 2 aliphatic heterocycles. The van der Waals surface area contributed by atoms with Crippen LogP contribution in [0.15, 0.2) is 54.2 Å². The van der Waals surface area contributed by atoms with Crippen molar-refractivity contribution in [2.24, 2.45) is 0 Å². The first kappa shape index (κ1) is 21.5. The largest absolute Gasteiger partial charge is 0.497 e. The van der Waals surface area contributed by atoms with Crippen molar-refractivity contribution >= 4 is 11.9 Å². The van der Waals surface area contributed by atoms with Gasteiger partial charge in [-0.25, -0.2) is 4.98 Å². The van der Waals surface area contributed by atoms with Gasteiger partial charge in [0.25, 0.3) is 0 Å². The van der Waals surface area contributed by atoms with E-state index < -0.39 is 0 Å². The van der Waals surface area contributed by atoms with Crippen LogP contribution < -0.4 is 15.2 Å². The summed E-state index contributed by atoms with van der Waals surface area (Å²) in [5, 5.41) is 0. The maximum absolute atomic E-state index is 5.97. The maximum Gasteiger partial charge on any atom is 0.127 e. The molecule has 2 aromatic heterocycles. The summed E-state index contributed by atoms with van der Waals surface area (Å²) in [7, 11) is 1.69. The summed E-state index contributed by atoms with van der Waals surface area (Å²) in [4.78, 5) is 11.6. The van der Waals surface area contributed by atoms with E-state index in [2.05, 4.69) is 35.0 Å². The molecule has 0 bridgehead atoms. The fraction of sp³-hybridized carbons (Fsp3) is 0.333. The summed E-state index contributed by atoms with van der Waals surface area (Å²) >= 11 is 0. The van der Waals surface area contributed by atoms with Crippen LogP contribution in [0.25, 0.3) is 17.2 Å². The molecule has 2 aliphatic rings. The van der Waals surface area contributed by atoms with Crippen molar-refractivity contribution in [2.75, 3.05) is 39.1 Å². The smallest absolute Gasteiger partial charge is 0.127 e. The number of pyridine rings is 2. The lowest BCUT2D eigenvalue weighted by Gasteiger charge is -2.33. The summed E-state index contributed by atoms with van der Waals surface area (Å²) in [6.45, 7) is 5.77. The summed E-state index contributed by atoms with van der Waals surface area (Å²) in [5.74, 6) is 2.80. The molecule has 0 amide bonds. The molecule has 0 saturated carbocycles. The molecule has 0 unspecified atom stereocenters. The van der Waals surface area contributed by atoms with Gasteiger partial charge in [-0.05, 0) is 92.5 Å². The average molecular weight is 443 g/mol. The third-order valence-electron chi connectivity index (χ3n) is 6.52. The Morgan fingerprint density at radius 1 is 1.09 bits per heavy atom. The predicted molar refractivity (Wildman–Crippen MR) is 131 cm³/mol. The number of ether oxygens (including phenoxy) is 2. The van der Waals surface area contributed by atoms with E-state index >= 15 is 0 Å². The van der Waals surface area contributed by atoms with Gasteiger partial charge in [0.2, 0.25) is 0 Å².